The Bertz CT molecular complexity index is 1130. The minimum atomic E-state index is 0.273. The summed E-state index contributed by atoms with van der Waals surface area (Å²) in [7, 11) is 0. The molecule has 8 heteroatoms. The first-order chi connectivity index (χ1) is 14.8. The van der Waals surface area contributed by atoms with Crippen molar-refractivity contribution >= 4 is 33.2 Å². The Balaban J connectivity index is 1.52. The summed E-state index contributed by atoms with van der Waals surface area (Å²) in [5.74, 6) is 1.85. The largest absolute Gasteiger partial charge is 0.366 e. The van der Waals surface area contributed by atoms with Crippen molar-refractivity contribution in [3.05, 3.63) is 76.9 Å². The molecule has 1 aliphatic rings. The second kappa shape index (κ2) is 8.39. The highest BCUT2D eigenvalue weighted by Crippen LogP contribution is 2.35. The van der Waals surface area contributed by atoms with Crippen LogP contribution >= 0.6 is 15.9 Å². The lowest BCUT2D eigenvalue weighted by Gasteiger charge is -2.37. The van der Waals surface area contributed by atoms with E-state index in [-0.39, 0.29) is 6.04 Å². The molecule has 0 radical (unpaired) electrons. The van der Waals surface area contributed by atoms with Crippen LogP contribution in [-0.2, 0) is 6.54 Å². The van der Waals surface area contributed by atoms with E-state index < -0.39 is 0 Å². The van der Waals surface area contributed by atoms with Gasteiger partial charge in [0.1, 0.15) is 11.6 Å². The van der Waals surface area contributed by atoms with Crippen LogP contribution in [0.2, 0.25) is 0 Å². The number of anilines is 2. The Hall–Kier alpha value is -3.00. The highest BCUT2D eigenvalue weighted by atomic mass is 79.9. The van der Waals surface area contributed by atoms with Gasteiger partial charge < -0.3 is 10.2 Å². The molecule has 0 spiro atoms. The average Bonchev–Trinajstić information content (AvgIpc) is 3.19. The van der Waals surface area contributed by atoms with Gasteiger partial charge in [-0.05, 0) is 58.5 Å². The van der Waals surface area contributed by atoms with Crippen molar-refractivity contribution < 1.29 is 0 Å². The van der Waals surface area contributed by atoms with Crippen LogP contribution in [0.4, 0.5) is 11.6 Å². The zero-order chi connectivity index (χ0) is 20.3. The van der Waals surface area contributed by atoms with Gasteiger partial charge in [0.15, 0.2) is 5.65 Å². The van der Waals surface area contributed by atoms with Gasteiger partial charge in [-0.2, -0.15) is 9.61 Å². The third kappa shape index (κ3) is 3.75. The van der Waals surface area contributed by atoms with Crippen LogP contribution in [0.25, 0.3) is 5.65 Å². The van der Waals surface area contributed by atoms with E-state index in [0.29, 0.717) is 6.54 Å². The van der Waals surface area contributed by atoms with Crippen molar-refractivity contribution in [1.29, 1.82) is 0 Å². The molecule has 0 bridgehead atoms. The molecule has 0 aliphatic carbocycles. The summed E-state index contributed by atoms with van der Waals surface area (Å²) in [6.07, 6.45) is 12.7. The third-order valence-electron chi connectivity index (χ3n) is 5.48. The van der Waals surface area contributed by atoms with Crippen LogP contribution in [0.15, 0.2) is 65.8 Å². The van der Waals surface area contributed by atoms with Gasteiger partial charge in [0.05, 0.1) is 16.7 Å². The van der Waals surface area contributed by atoms with Crippen LogP contribution < -0.4 is 10.2 Å². The van der Waals surface area contributed by atoms with Gasteiger partial charge in [0, 0.05) is 43.9 Å². The lowest BCUT2D eigenvalue weighted by atomic mass is 9.96. The molecule has 0 aromatic carbocycles. The zero-order valence-electron chi connectivity index (χ0n) is 16.4. The topological polar surface area (TPSA) is 71.2 Å². The van der Waals surface area contributed by atoms with E-state index in [1.807, 2.05) is 35.2 Å². The first-order valence-corrected chi connectivity index (χ1v) is 10.9. The Kier molecular flexibility index (Phi) is 5.31. The van der Waals surface area contributed by atoms with E-state index >= 15 is 0 Å². The Morgan fingerprint density at radius 1 is 1.07 bits per heavy atom. The molecule has 7 nitrogen and oxygen atoms in total. The number of aromatic nitrogens is 5. The number of hydrogen-bond donors (Lipinski definition) is 1. The molecule has 1 N–H and O–H groups in total. The highest BCUT2D eigenvalue weighted by Gasteiger charge is 2.26. The first kappa shape index (κ1) is 19.0. The van der Waals surface area contributed by atoms with E-state index in [9.17, 15) is 0 Å². The SMILES string of the molecule is Brc1cnn2c(NCc3cccnc3)cc(N3CCCC[C@H]3c3cccnc3)nc12. The number of fused-ring (bicyclic) bond motifs is 1. The standard InChI is InChI=1S/C22H22BrN7/c23-18-15-27-30-20(26-13-16-5-3-8-24-12-16)11-21(28-22(18)30)29-10-2-1-7-19(29)17-6-4-9-25-14-17/h3-6,8-9,11-12,14-15,19,26H,1-2,7,10,13H2/t19-/m0/s1. The minimum absolute atomic E-state index is 0.273. The maximum absolute atomic E-state index is 4.96. The van der Waals surface area contributed by atoms with Crippen molar-refractivity contribution in [3.8, 4) is 0 Å². The third-order valence-corrected chi connectivity index (χ3v) is 6.04. The van der Waals surface area contributed by atoms with E-state index in [0.717, 1.165) is 46.7 Å². The molecule has 5 heterocycles. The summed E-state index contributed by atoms with van der Waals surface area (Å²) in [4.78, 5) is 15.9. The molecule has 0 unspecified atom stereocenters. The van der Waals surface area contributed by atoms with E-state index in [4.69, 9.17) is 4.98 Å². The summed E-state index contributed by atoms with van der Waals surface area (Å²) in [5.41, 5.74) is 3.15. The maximum Gasteiger partial charge on any atom is 0.173 e. The molecule has 30 heavy (non-hydrogen) atoms. The molecule has 4 aromatic rings. The van der Waals surface area contributed by atoms with Gasteiger partial charge in [-0.25, -0.2) is 4.98 Å². The van der Waals surface area contributed by atoms with Gasteiger partial charge in [-0.1, -0.05) is 12.1 Å². The predicted octanol–water partition coefficient (Wildman–Crippen LogP) is 4.63. The molecule has 4 aromatic heterocycles. The van der Waals surface area contributed by atoms with Crippen LogP contribution in [-0.4, -0.2) is 31.1 Å². The fourth-order valence-corrected chi connectivity index (χ4v) is 4.37. The number of hydrogen-bond acceptors (Lipinski definition) is 6. The highest BCUT2D eigenvalue weighted by molar-refractivity contribution is 9.10. The molecule has 0 amide bonds. The second-order valence-electron chi connectivity index (χ2n) is 7.43. The van der Waals surface area contributed by atoms with Gasteiger partial charge in [-0.15, -0.1) is 0 Å². The molecular weight excluding hydrogens is 442 g/mol. The second-order valence-corrected chi connectivity index (χ2v) is 8.29. The molecule has 1 fully saturated rings. The van der Waals surface area contributed by atoms with Crippen molar-refractivity contribution in [1.82, 2.24) is 24.6 Å². The van der Waals surface area contributed by atoms with E-state index in [1.165, 1.54) is 12.0 Å². The van der Waals surface area contributed by atoms with Crippen molar-refractivity contribution in [2.75, 3.05) is 16.8 Å². The summed E-state index contributed by atoms with van der Waals surface area (Å²) in [6.45, 7) is 1.63. The van der Waals surface area contributed by atoms with Crippen LogP contribution in [0.3, 0.4) is 0 Å². The predicted molar refractivity (Wildman–Crippen MR) is 120 cm³/mol. The van der Waals surface area contributed by atoms with Gasteiger partial charge in [-0.3, -0.25) is 9.97 Å². The number of rotatable bonds is 5. The summed E-state index contributed by atoms with van der Waals surface area (Å²) in [6, 6.07) is 10.5. The monoisotopic (exact) mass is 463 g/mol. The Labute approximate surface area is 183 Å². The minimum Gasteiger partial charge on any atom is -0.366 e. The molecule has 0 saturated carbocycles. The summed E-state index contributed by atoms with van der Waals surface area (Å²) >= 11 is 3.60. The maximum atomic E-state index is 4.96. The van der Waals surface area contributed by atoms with Crippen molar-refractivity contribution in [2.45, 2.75) is 31.8 Å². The zero-order valence-corrected chi connectivity index (χ0v) is 18.0. The average molecular weight is 464 g/mol. The van der Waals surface area contributed by atoms with Crippen molar-refractivity contribution in [3.63, 3.8) is 0 Å². The van der Waals surface area contributed by atoms with Gasteiger partial charge >= 0.3 is 0 Å². The molecule has 5 rings (SSSR count). The number of nitrogens with zero attached hydrogens (tertiary/aromatic N) is 6. The normalized spacial score (nSPS) is 16.7. The molecule has 1 atom stereocenters. The number of halogens is 1. The fraction of sp³-hybridized carbons (Fsp3) is 0.273. The summed E-state index contributed by atoms with van der Waals surface area (Å²) < 4.78 is 2.72. The lowest BCUT2D eigenvalue weighted by molar-refractivity contribution is 0.469. The first-order valence-electron chi connectivity index (χ1n) is 10.1. The molecule has 1 aliphatic heterocycles. The lowest BCUT2D eigenvalue weighted by Crippen LogP contribution is -2.34. The number of nitrogens with one attached hydrogen (secondary N) is 1. The molecule has 152 valence electrons. The smallest absolute Gasteiger partial charge is 0.173 e. The van der Waals surface area contributed by atoms with Crippen molar-refractivity contribution in [2.24, 2.45) is 0 Å². The molecule has 1 saturated heterocycles. The summed E-state index contributed by atoms with van der Waals surface area (Å²) in [5, 5.41) is 8.01. The van der Waals surface area contributed by atoms with Crippen LogP contribution in [0.1, 0.15) is 36.4 Å². The Morgan fingerprint density at radius 3 is 2.73 bits per heavy atom. The fourth-order valence-electron chi connectivity index (χ4n) is 4.02. The van der Waals surface area contributed by atoms with Crippen LogP contribution in [0.5, 0.6) is 0 Å². The van der Waals surface area contributed by atoms with Gasteiger partial charge in [0.2, 0.25) is 0 Å². The molecular formula is C22H22BrN7. The van der Waals surface area contributed by atoms with Gasteiger partial charge in [0.25, 0.3) is 0 Å². The van der Waals surface area contributed by atoms with Crippen LogP contribution in [0, 0.1) is 0 Å². The van der Waals surface area contributed by atoms with E-state index in [1.54, 1.807) is 12.4 Å². The number of piperidine rings is 1. The number of pyridine rings is 2. The Morgan fingerprint density at radius 2 is 1.93 bits per heavy atom. The van der Waals surface area contributed by atoms with E-state index in [2.05, 4.69) is 59.4 Å². The quantitative estimate of drug-likeness (QED) is 0.465.